The highest BCUT2D eigenvalue weighted by Crippen LogP contribution is 2.18. The summed E-state index contributed by atoms with van der Waals surface area (Å²) in [6, 6.07) is 0. The third-order valence-electron chi connectivity index (χ3n) is 9.95. The van der Waals surface area contributed by atoms with Crippen LogP contribution in [-0.4, -0.2) is 24.6 Å². The van der Waals surface area contributed by atoms with E-state index >= 15 is 0 Å². The Bertz CT molecular complexity index is 741. The van der Waals surface area contributed by atoms with Gasteiger partial charge in [0.25, 0.3) is 0 Å². The van der Waals surface area contributed by atoms with Crippen molar-refractivity contribution in [2.24, 2.45) is 0 Å². The van der Waals surface area contributed by atoms with Crippen molar-refractivity contribution in [1.82, 2.24) is 0 Å². The average molecular weight is 703 g/mol. The highest BCUT2D eigenvalue weighted by atomic mass is 16.6. The summed E-state index contributed by atoms with van der Waals surface area (Å²) in [5.41, 5.74) is 0. The predicted molar refractivity (Wildman–Crippen MR) is 218 cm³/mol. The van der Waals surface area contributed by atoms with Gasteiger partial charge in [-0.3, -0.25) is 9.59 Å². The number of carbonyl (C=O) groups excluding carboxylic acids is 2. The molecule has 0 aromatic rings. The lowest BCUT2D eigenvalue weighted by molar-refractivity contribution is -0.159. The molecular formula is C46H86O4. The van der Waals surface area contributed by atoms with Crippen LogP contribution in [0.15, 0.2) is 24.3 Å². The summed E-state index contributed by atoms with van der Waals surface area (Å²) >= 11 is 0. The maximum Gasteiger partial charge on any atom is 0.313 e. The number of ether oxygens (including phenoxy) is 2. The first-order valence-electron chi connectivity index (χ1n) is 22.3. The molecule has 0 aliphatic heterocycles. The maximum atomic E-state index is 12.1. The van der Waals surface area contributed by atoms with E-state index in [-0.39, 0.29) is 11.9 Å². The summed E-state index contributed by atoms with van der Waals surface area (Å²) in [5, 5.41) is 0. The van der Waals surface area contributed by atoms with Crippen molar-refractivity contribution in [1.29, 1.82) is 0 Å². The molecule has 0 amide bonds. The Balaban J connectivity index is 3.68. The van der Waals surface area contributed by atoms with Gasteiger partial charge in [-0.1, -0.05) is 193 Å². The van der Waals surface area contributed by atoms with Crippen LogP contribution < -0.4 is 0 Å². The lowest BCUT2D eigenvalue weighted by Gasteiger charge is -2.18. The van der Waals surface area contributed by atoms with Crippen LogP contribution in [0.2, 0.25) is 0 Å². The minimum atomic E-state index is -0.346. The molecule has 294 valence electrons. The van der Waals surface area contributed by atoms with E-state index in [1.165, 1.54) is 161 Å². The molecule has 0 aliphatic rings. The number of unbranched alkanes of at least 4 members (excludes halogenated alkanes) is 25. The molecule has 0 heterocycles. The van der Waals surface area contributed by atoms with E-state index in [4.69, 9.17) is 9.47 Å². The quantitative estimate of drug-likeness (QED) is 0.0276. The topological polar surface area (TPSA) is 52.6 Å². The van der Waals surface area contributed by atoms with Crippen LogP contribution in [0.4, 0.5) is 0 Å². The Hall–Kier alpha value is -1.42. The van der Waals surface area contributed by atoms with Gasteiger partial charge in [-0.15, -0.1) is 0 Å². The average Bonchev–Trinajstić information content (AvgIpc) is 3.11. The second-order valence-electron chi connectivity index (χ2n) is 15.0. The van der Waals surface area contributed by atoms with Gasteiger partial charge < -0.3 is 9.47 Å². The third kappa shape index (κ3) is 39.4. The van der Waals surface area contributed by atoms with Gasteiger partial charge in [0.1, 0.15) is 0 Å². The molecule has 0 aromatic carbocycles. The smallest absolute Gasteiger partial charge is 0.313 e. The first-order valence-corrected chi connectivity index (χ1v) is 22.3. The molecule has 4 nitrogen and oxygen atoms in total. The van der Waals surface area contributed by atoms with Gasteiger partial charge in [-0.25, -0.2) is 0 Å². The normalized spacial score (nSPS) is 11.8. The Morgan fingerprint density at radius 2 is 0.780 bits per heavy atom. The van der Waals surface area contributed by atoms with Crippen molar-refractivity contribution >= 4 is 11.9 Å². The molecule has 0 aliphatic carbocycles. The van der Waals surface area contributed by atoms with Crippen LogP contribution in [0.3, 0.4) is 0 Å². The number of allylic oxidation sites excluding steroid dienone is 4. The molecule has 0 radical (unpaired) electrons. The standard InChI is InChI=1S/C46H86O4/c1-4-7-10-13-16-17-18-19-20-21-22-23-26-31-36-41-45(47)50-46(48)42-37-32-27-24-25-28-33-38-43-49-44(39-34-29-14-11-8-5-2)40-35-30-15-12-9-6-3/h16-17,19-20,44H,4-15,18,21-43H2,1-3H3/b17-16-,20-19-. The van der Waals surface area contributed by atoms with Gasteiger partial charge in [-0.05, 0) is 64.2 Å². The largest absolute Gasteiger partial charge is 0.393 e. The van der Waals surface area contributed by atoms with E-state index in [0.717, 1.165) is 58.0 Å². The fourth-order valence-corrected chi connectivity index (χ4v) is 6.61. The Kier molecular flexibility index (Phi) is 40.8. The lowest BCUT2D eigenvalue weighted by Crippen LogP contribution is -2.14. The molecule has 0 saturated heterocycles. The van der Waals surface area contributed by atoms with Gasteiger partial charge in [0.15, 0.2) is 0 Å². The predicted octanol–water partition coefficient (Wildman–Crippen LogP) is 15.3. The van der Waals surface area contributed by atoms with E-state index in [0.29, 0.717) is 18.9 Å². The van der Waals surface area contributed by atoms with Crippen LogP contribution in [0, 0.1) is 0 Å². The Morgan fingerprint density at radius 1 is 0.420 bits per heavy atom. The molecule has 4 heteroatoms. The zero-order chi connectivity index (χ0) is 36.4. The minimum absolute atomic E-state index is 0.344. The molecular weight excluding hydrogens is 617 g/mol. The number of carbonyl (C=O) groups is 2. The second kappa shape index (κ2) is 42.0. The first kappa shape index (κ1) is 48.6. The van der Waals surface area contributed by atoms with E-state index in [1.807, 2.05) is 0 Å². The van der Waals surface area contributed by atoms with Crippen molar-refractivity contribution in [2.75, 3.05) is 6.61 Å². The molecule has 0 atom stereocenters. The van der Waals surface area contributed by atoms with Gasteiger partial charge in [0.2, 0.25) is 0 Å². The third-order valence-corrected chi connectivity index (χ3v) is 9.95. The molecule has 0 bridgehead atoms. The summed E-state index contributed by atoms with van der Waals surface area (Å²) < 4.78 is 11.5. The SMILES string of the molecule is CCCCC/C=C\C/C=C\CCCCCCCC(=O)OC(=O)CCCCCCCCCCOC(CCCCCCCC)CCCCCCCC. The van der Waals surface area contributed by atoms with E-state index in [2.05, 4.69) is 45.1 Å². The molecule has 0 rings (SSSR count). The first-order chi connectivity index (χ1) is 24.6. The van der Waals surface area contributed by atoms with Crippen LogP contribution in [-0.2, 0) is 19.1 Å². The number of rotatable bonds is 40. The van der Waals surface area contributed by atoms with Crippen molar-refractivity contribution in [3.05, 3.63) is 24.3 Å². The lowest BCUT2D eigenvalue weighted by atomic mass is 10.0. The zero-order valence-electron chi connectivity index (χ0n) is 34.0. The molecule has 0 aromatic heterocycles. The summed E-state index contributed by atoms with van der Waals surface area (Å²) in [6.07, 6.45) is 51.1. The van der Waals surface area contributed by atoms with E-state index in [1.54, 1.807) is 0 Å². The van der Waals surface area contributed by atoms with Crippen LogP contribution >= 0.6 is 0 Å². The highest BCUT2D eigenvalue weighted by Gasteiger charge is 2.11. The summed E-state index contributed by atoms with van der Waals surface area (Å²) in [4.78, 5) is 24.1. The fourth-order valence-electron chi connectivity index (χ4n) is 6.61. The van der Waals surface area contributed by atoms with E-state index < -0.39 is 0 Å². The minimum Gasteiger partial charge on any atom is -0.393 e. The Morgan fingerprint density at radius 3 is 1.26 bits per heavy atom. The van der Waals surface area contributed by atoms with Gasteiger partial charge in [0, 0.05) is 19.4 Å². The molecule has 0 unspecified atom stereocenters. The van der Waals surface area contributed by atoms with Gasteiger partial charge in [-0.2, -0.15) is 0 Å². The van der Waals surface area contributed by atoms with Crippen LogP contribution in [0.5, 0.6) is 0 Å². The number of hydrogen-bond donors (Lipinski definition) is 0. The van der Waals surface area contributed by atoms with Crippen LogP contribution in [0.25, 0.3) is 0 Å². The van der Waals surface area contributed by atoms with Crippen molar-refractivity contribution < 1.29 is 19.1 Å². The summed E-state index contributed by atoms with van der Waals surface area (Å²) in [5.74, 6) is -0.690. The Labute approximate surface area is 312 Å². The van der Waals surface area contributed by atoms with Gasteiger partial charge >= 0.3 is 11.9 Å². The maximum absolute atomic E-state index is 12.1. The molecule has 0 spiro atoms. The molecule has 0 N–H and O–H groups in total. The molecule has 50 heavy (non-hydrogen) atoms. The fraction of sp³-hybridized carbons (Fsp3) is 0.870. The van der Waals surface area contributed by atoms with Crippen molar-refractivity contribution in [3.8, 4) is 0 Å². The summed E-state index contributed by atoms with van der Waals surface area (Å²) in [6.45, 7) is 7.74. The zero-order valence-corrected chi connectivity index (χ0v) is 34.0. The van der Waals surface area contributed by atoms with Gasteiger partial charge in [0.05, 0.1) is 6.10 Å². The molecule has 0 fully saturated rings. The summed E-state index contributed by atoms with van der Waals surface area (Å²) in [7, 11) is 0. The van der Waals surface area contributed by atoms with Crippen molar-refractivity contribution in [3.63, 3.8) is 0 Å². The monoisotopic (exact) mass is 703 g/mol. The highest BCUT2D eigenvalue weighted by molar-refractivity contribution is 5.85. The van der Waals surface area contributed by atoms with E-state index in [9.17, 15) is 9.59 Å². The van der Waals surface area contributed by atoms with Crippen molar-refractivity contribution in [2.45, 2.75) is 252 Å². The second-order valence-corrected chi connectivity index (χ2v) is 15.0. The van der Waals surface area contributed by atoms with Crippen LogP contribution in [0.1, 0.15) is 245 Å². The number of esters is 2. The number of hydrogen-bond acceptors (Lipinski definition) is 4. The molecule has 0 saturated carbocycles.